The Labute approximate surface area is 181 Å². The third kappa shape index (κ3) is 7.63. The largest absolute Gasteiger partial charge is 0.444 e. The molecule has 0 aromatic rings. The van der Waals surface area contributed by atoms with E-state index in [9.17, 15) is 4.79 Å². The fourth-order valence-electron chi connectivity index (χ4n) is 3.66. The van der Waals surface area contributed by atoms with Crippen molar-refractivity contribution in [2.75, 3.05) is 40.4 Å². The Bertz CT molecular complexity index is 496. The summed E-state index contributed by atoms with van der Waals surface area (Å²) >= 11 is 0. The van der Waals surface area contributed by atoms with Crippen LogP contribution in [0.2, 0.25) is 0 Å². The molecule has 0 radical (unpaired) electrons. The van der Waals surface area contributed by atoms with Gasteiger partial charge in [-0.05, 0) is 45.4 Å². The lowest BCUT2D eigenvalue weighted by atomic mass is 9.83. The number of nitrogens with one attached hydrogen (secondary N) is 2. The zero-order valence-electron chi connectivity index (χ0n) is 17.5. The second-order valence-corrected chi connectivity index (χ2v) is 8.60. The number of hydrogen-bond donors (Lipinski definition) is 2. The number of aliphatic imine (C=N–C) groups is 1. The summed E-state index contributed by atoms with van der Waals surface area (Å²) in [6, 6.07) is 0.215. The van der Waals surface area contributed by atoms with Gasteiger partial charge in [0.05, 0.1) is 6.04 Å². The van der Waals surface area contributed by atoms with Gasteiger partial charge in [-0.25, -0.2) is 4.79 Å². The van der Waals surface area contributed by atoms with E-state index in [1.807, 2.05) is 20.8 Å². The van der Waals surface area contributed by atoms with Gasteiger partial charge in [0.1, 0.15) is 5.60 Å². The van der Waals surface area contributed by atoms with Crippen molar-refractivity contribution in [3.63, 3.8) is 0 Å². The molecule has 0 aromatic heterocycles. The van der Waals surface area contributed by atoms with E-state index in [1.54, 1.807) is 19.1 Å². The van der Waals surface area contributed by atoms with Gasteiger partial charge in [0.15, 0.2) is 5.96 Å². The molecule has 1 aliphatic heterocycles. The number of likely N-dealkylation sites (tertiary alicyclic amines) is 1. The van der Waals surface area contributed by atoms with Crippen molar-refractivity contribution in [2.24, 2.45) is 10.4 Å². The van der Waals surface area contributed by atoms with Gasteiger partial charge in [-0.15, -0.1) is 24.0 Å². The van der Waals surface area contributed by atoms with Crippen LogP contribution in [-0.2, 0) is 9.47 Å². The summed E-state index contributed by atoms with van der Waals surface area (Å²) in [7, 11) is 3.56. The molecule has 2 rings (SSSR count). The van der Waals surface area contributed by atoms with Gasteiger partial charge in [-0.3, -0.25) is 4.99 Å². The van der Waals surface area contributed by atoms with Gasteiger partial charge < -0.3 is 25.0 Å². The summed E-state index contributed by atoms with van der Waals surface area (Å²) in [5.41, 5.74) is -0.138. The maximum absolute atomic E-state index is 12.0. The first-order valence-corrected chi connectivity index (χ1v) is 9.71. The molecule has 158 valence electrons. The van der Waals surface area contributed by atoms with Crippen LogP contribution in [0.3, 0.4) is 0 Å². The molecule has 0 unspecified atom stereocenters. The summed E-state index contributed by atoms with van der Waals surface area (Å²) in [5.74, 6) is 0.808. The number of carbonyl (C=O) groups is 1. The quantitative estimate of drug-likeness (QED) is 0.336. The molecule has 2 fully saturated rings. The fraction of sp³-hybridized carbons (Fsp3) is 0.895. The monoisotopic (exact) mass is 496 g/mol. The molecule has 7 nitrogen and oxygen atoms in total. The minimum Gasteiger partial charge on any atom is -0.444 e. The summed E-state index contributed by atoms with van der Waals surface area (Å²) in [5, 5.41) is 6.90. The molecular weight excluding hydrogens is 459 g/mol. The predicted octanol–water partition coefficient (Wildman–Crippen LogP) is 2.99. The Morgan fingerprint density at radius 3 is 2.41 bits per heavy atom. The SMILES string of the molecule is CN=C(NCC1(CCOC)CCCC1)NC1CN(C(=O)OC(C)(C)C)C1.I. The fourth-order valence-corrected chi connectivity index (χ4v) is 3.66. The van der Waals surface area contributed by atoms with Gasteiger partial charge in [0.25, 0.3) is 0 Å². The number of rotatable bonds is 6. The van der Waals surface area contributed by atoms with Crippen LogP contribution in [0.1, 0.15) is 52.9 Å². The number of methoxy groups -OCH3 is 1. The van der Waals surface area contributed by atoms with Crippen LogP contribution in [0.25, 0.3) is 0 Å². The van der Waals surface area contributed by atoms with Crippen LogP contribution < -0.4 is 10.6 Å². The summed E-state index contributed by atoms with van der Waals surface area (Å²) in [6.45, 7) is 8.66. The Kier molecular flexibility index (Phi) is 9.61. The van der Waals surface area contributed by atoms with Gasteiger partial charge in [0, 0.05) is 40.4 Å². The van der Waals surface area contributed by atoms with Gasteiger partial charge in [-0.1, -0.05) is 12.8 Å². The highest BCUT2D eigenvalue weighted by Gasteiger charge is 2.36. The standard InChI is InChI=1S/C19H36N4O3.HI/c1-18(2,3)26-17(24)23-12-15(13-23)22-16(20-4)21-14-19(10-11-25-5)8-6-7-9-19;/h15H,6-14H2,1-5H3,(H2,20,21,22);1H. The number of halogens is 1. The van der Waals surface area contributed by atoms with E-state index in [0.717, 1.165) is 25.5 Å². The van der Waals surface area contributed by atoms with Gasteiger partial charge >= 0.3 is 6.09 Å². The molecule has 1 aliphatic carbocycles. The first-order chi connectivity index (χ1) is 12.3. The van der Waals surface area contributed by atoms with Crippen molar-refractivity contribution in [3.05, 3.63) is 0 Å². The Morgan fingerprint density at radius 1 is 1.26 bits per heavy atom. The third-order valence-electron chi connectivity index (χ3n) is 5.23. The van der Waals surface area contributed by atoms with Crippen LogP contribution >= 0.6 is 24.0 Å². The molecule has 0 aromatic carbocycles. The van der Waals surface area contributed by atoms with E-state index < -0.39 is 5.60 Å². The van der Waals surface area contributed by atoms with Crippen LogP contribution in [0.5, 0.6) is 0 Å². The Hall–Kier alpha value is -0.770. The molecular formula is C19H37IN4O3. The highest BCUT2D eigenvalue weighted by molar-refractivity contribution is 14.0. The van der Waals surface area contributed by atoms with Crippen molar-refractivity contribution >= 4 is 36.0 Å². The van der Waals surface area contributed by atoms with Gasteiger partial charge in [0.2, 0.25) is 0 Å². The highest BCUT2D eigenvalue weighted by atomic mass is 127. The smallest absolute Gasteiger partial charge is 0.410 e. The number of amides is 1. The van der Waals surface area contributed by atoms with E-state index in [1.165, 1.54) is 25.7 Å². The third-order valence-corrected chi connectivity index (χ3v) is 5.23. The number of carbonyl (C=O) groups excluding carboxylic acids is 1. The van der Waals surface area contributed by atoms with E-state index in [4.69, 9.17) is 9.47 Å². The molecule has 0 spiro atoms. The lowest BCUT2D eigenvalue weighted by Gasteiger charge is -2.40. The molecule has 8 heteroatoms. The summed E-state index contributed by atoms with van der Waals surface area (Å²) in [6.07, 6.45) is 5.92. The molecule has 2 aliphatic rings. The number of ether oxygens (including phenoxy) is 2. The van der Waals surface area contributed by atoms with E-state index in [-0.39, 0.29) is 36.1 Å². The van der Waals surface area contributed by atoms with Crippen molar-refractivity contribution in [2.45, 2.75) is 64.5 Å². The first kappa shape index (κ1) is 24.3. The van der Waals surface area contributed by atoms with Crippen LogP contribution in [0.4, 0.5) is 4.79 Å². The molecule has 0 bridgehead atoms. The maximum atomic E-state index is 12.0. The van der Waals surface area contributed by atoms with E-state index in [2.05, 4.69) is 15.6 Å². The second kappa shape index (κ2) is 10.7. The molecule has 1 heterocycles. The molecule has 1 saturated carbocycles. The number of nitrogens with zero attached hydrogens (tertiary/aromatic N) is 2. The maximum Gasteiger partial charge on any atom is 0.410 e. The lowest BCUT2D eigenvalue weighted by molar-refractivity contribution is 0.00700. The molecule has 1 saturated heterocycles. The average molecular weight is 496 g/mol. The molecule has 2 N–H and O–H groups in total. The second-order valence-electron chi connectivity index (χ2n) is 8.60. The minimum absolute atomic E-state index is 0. The Balaban J connectivity index is 0.00000364. The van der Waals surface area contributed by atoms with Gasteiger partial charge in [-0.2, -0.15) is 0 Å². The molecule has 27 heavy (non-hydrogen) atoms. The topological polar surface area (TPSA) is 75.2 Å². The molecule has 1 amide bonds. The first-order valence-electron chi connectivity index (χ1n) is 9.71. The number of guanidine groups is 1. The van der Waals surface area contributed by atoms with Crippen LogP contribution in [0, 0.1) is 5.41 Å². The normalized spacial score (nSPS) is 19.9. The summed E-state index contributed by atoms with van der Waals surface area (Å²) < 4.78 is 10.7. The van der Waals surface area contributed by atoms with Crippen molar-refractivity contribution in [3.8, 4) is 0 Å². The molecule has 0 atom stereocenters. The average Bonchev–Trinajstić information content (AvgIpc) is 2.98. The predicted molar refractivity (Wildman–Crippen MR) is 119 cm³/mol. The zero-order valence-corrected chi connectivity index (χ0v) is 19.8. The summed E-state index contributed by atoms with van der Waals surface area (Å²) in [4.78, 5) is 18.1. The Morgan fingerprint density at radius 2 is 1.89 bits per heavy atom. The van der Waals surface area contributed by atoms with E-state index in [0.29, 0.717) is 18.5 Å². The zero-order chi connectivity index (χ0) is 19.2. The van der Waals surface area contributed by atoms with Crippen molar-refractivity contribution in [1.29, 1.82) is 0 Å². The van der Waals surface area contributed by atoms with Crippen molar-refractivity contribution in [1.82, 2.24) is 15.5 Å². The van der Waals surface area contributed by atoms with E-state index >= 15 is 0 Å². The van der Waals surface area contributed by atoms with Crippen LogP contribution in [-0.4, -0.2) is 69.0 Å². The number of hydrogen-bond acceptors (Lipinski definition) is 4. The van der Waals surface area contributed by atoms with Crippen LogP contribution in [0.15, 0.2) is 4.99 Å². The lowest BCUT2D eigenvalue weighted by Crippen LogP contribution is -2.63. The van der Waals surface area contributed by atoms with Crippen molar-refractivity contribution < 1.29 is 14.3 Å². The minimum atomic E-state index is -0.453. The highest BCUT2D eigenvalue weighted by Crippen LogP contribution is 2.40.